The maximum atomic E-state index is 10.6. The van der Waals surface area contributed by atoms with Gasteiger partial charge in [0.25, 0.3) is 0 Å². The van der Waals surface area contributed by atoms with Gasteiger partial charge in [-0.3, -0.25) is 0 Å². The first-order chi connectivity index (χ1) is 13.5. The second-order valence-electron chi connectivity index (χ2n) is 6.80. The van der Waals surface area contributed by atoms with Gasteiger partial charge in [-0.2, -0.15) is 0 Å². The standard InChI is InChI=1S/C20H22O8/c21-9-15-17(24)18(28-20(26-15)12-3-7-14(23)8-4-12)16-10-25-19(27-16)11-1-5-13(22)6-2-11/h1-8,15-24H,9-10H2/t15-,16+,17+,18+,19?,20?/m0/s1. The molecule has 2 aromatic rings. The van der Waals surface area contributed by atoms with E-state index in [1.807, 2.05) is 0 Å². The van der Waals surface area contributed by atoms with Gasteiger partial charge in [0.2, 0.25) is 0 Å². The van der Waals surface area contributed by atoms with Crippen LogP contribution in [0.1, 0.15) is 23.7 Å². The van der Waals surface area contributed by atoms with Crippen molar-refractivity contribution >= 4 is 0 Å². The average molecular weight is 390 g/mol. The van der Waals surface area contributed by atoms with Crippen molar-refractivity contribution in [3.63, 3.8) is 0 Å². The molecule has 0 spiro atoms. The molecule has 2 aliphatic heterocycles. The van der Waals surface area contributed by atoms with Crippen LogP contribution in [0.25, 0.3) is 0 Å². The number of hydrogen-bond donors (Lipinski definition) is 4. The molecule has 4 N–H and O–H groups in total. The lowest BCUT2D eigenvalue weighted by Gasteiger charge is -2.40. The maximum Gasteiger partial charge on any atom is 0.184 e. The molecule has 0 amide bonds. The molecule has 2 aromatic carbocycles. The second kappa shape index (κ2) is 8.04. The number of phenols is 2. The molecule has 2 unspecified atom stereocenters. The lowest BCUT2D eigenvalue weighted by atomic mass is 10.0. The molecular weight excluding hydrogens is 368 g/mol. The van der Waals surface area contributed by atoms with Gasteiger partial charge >= 0.3 is 0 Å². The SMILES string of the molecule is OC[C@@H]1OC(c2ccc(O)cc2)O[C@H]([C@H]2COC(c3ccc(O)cc3)O2)[C@@H]1O. The van der Waals surface area contributed by atoms with E-state index in [9.17, 15) is 20.4 Å². The summed E-state index contributed by atoms with van der Waals surface area (Å²) in [6, 6.07) is 12.8. The fourth-order valence-electron chi connectivity index (χ4n) is 3.35. The molecule has 6 atom stereocenters. The van der Waals surface area contributed by atoms with E-state index < -0.39 is 37.0 Å². The fourth-order valence-corrected chi connectivity index (χ4v) is 3.35. The van der Waals surface area contributed by atoms with Crippen LogP contribution in [0.4, 0.5) is 0 Å². The molecule has 0 radical (unpaired) electrons. The summed E-state index contributed by atoms with van der Waals surface area (Å²) >= 11 is 0. The minimum Gasteiger partial charge on any atom is -0.508 e. The molecule has 2 heterocycles. The molecule has 28 heavy (non-hydrogen) atoms. The smallest absolute Gasteiger partial charge is 0.184 e. The Labute approximate surface area is 161 Å². The quantitative estimate of drug-likeness (QED) is 0.618. The van der Waals surface area contributed by atoms with Crippen LogP contribution in [0.3, 0.4) is 0 Å². The van der Waals surface area contributed by atoms with Gasteiger partial charge in [-0.25, -0.2) is 0 Å². The van der Waals surface area contributed by atoms with Crippen LogP contribution in [-0.2, 0) is 18.9 Å². The number of aliphatic hydroxyl groups excluding tert-OH is 2. The highest BCUT2D eigenvalue weighted by Gasteiger charge is 2.46. The van der Waals surface area contributed by atoms with Crippen molar-refractivity contribution in [2.24, 2.45) is 0 Å². The van der Waals surface area contributed by atoms with Crippen LogP contribution in [-0.4, -0.2) is 58.1 Å². The van der Waals surface area contributed by atoms with Gasteiger partial charge in [-0.05, 0) is 24.3 Å². The molecule has 8 nitrogen and oxygen atoms in total. The summed E-state index contributed by atoms with van der Waals surface area (Å²) < 4.78 is 23.2. The summed E-state index contributed by atoms with van der Waals surface area (Å²) in [6.45, 7) is -0.196. The number of hydrogen-bond acceptors (Lipinski definition) is 8. The Morgan fingerprint density at radius 1 is 0.786 bits per heavy atom. The van der Waals surface area contributed by atoms with Crippen molar-refractivity contribution in [3.8, 4) is 11.5 Å². The third-order valence-corrected chi connectivity index (χ3v) is 4.88. The first kappa shape index (κ1) is 19.1. The largest absolute Gasteiger partial charge is 0.508 e. The summed E-state index contributed by atoms with van der Waals surface area (Å²) in [5, 5.41) is 39.1. The Hall–Kier alpha value is -2.20. The predicted molar refractivity (Wildman–Crippen MR) is 95.4 cm³/mol. The Morgan fingerprint density at radius 2 is 1.36 bits per heavy atom. The van der Waals surface area contributed by atoms with Crippen molar-refractivity contribution in [2.45, 2.75) is 37.0 Å². The molecule has 2 fully saturated rings. The van der Waals surface area contributed by atoms with E-state index in [-0.39, 0.29) is 24.7 Å². The van der Waals surface area contributed by atoms with Gasteiger partial charge in [0.05, 0.1) is 13.2 Å². The van der Waals surface area contributed by atoms with E-state index in [4.69, 9.17) is 18.9 Å². The topological polar surface area (TPSA) is 118 Å². The highest BCUT2D eigenvalue weighted by Crippen LogP contribution is 2.37. The minimum atomic E-state index is -1.11. The van der Waals surface area contributed by atoms with Crippen molar-refractivity contribution in [2.75, 3.05) is 13.2 Å². The van der Waals surface area contributed by atoms with Crippen LogP contribution in [0, 0.1) is 0 Å². The van der Waals surface area contributed by atoms with Gasteiger partial charge in [0, 0.05) is 11.1 Å². The first-order valence-electron chi connectivity index (χ1n) is 9.00. The molecule has 2 saturated heterocycles. The third-order valence-electron chi connectivity index (χ3n) is 4.88. The number of phenolic OH excluding ortho intramolecular Hbond substituents is 2. The summed E-state index contributed by atoms with van der Waals surface area (Å²) in [6.07, 6.45) is -4.80. The highest BCUT2D eigenvalue weighted by molar-refractivity contribution is 5.28. The molecule has 150 valence electrons. The van der Waals surface area contributed by atoms with Crippen molar-refractivity contribution < 1.29 is 39.4 Å². The summed E-state index contributed by atoms with van der Waals surface area (Å²) in [5.74, 6) is 0.253. The van der Waals surface area contributed by atoms with Crippen LogP contribution >= 0.6 is 0 Å². The van der Waals surface area contributed by atoms with E-state index >= 15 is 0 Å². The number of rotatable bonds is 4. The zero-order chi connectivity index (χ0) is 19.7. The number of ether oxygens (including phenoxy) is 4. The molecule has 0 bridgehead atoms. The molecular formula is C20H22O8. The molecule has 2 aliphatic rings. The summed E-state index contributed by atoms with van der Waals surface area (Å²) in [5.41, 5.74) is 1.37. The normalized spacial score (nSPS) is 33.1. The fraction of sp³-hybridized carbons (Fsp3) is 0.400. The Bertz CT molecular complexity index is 778. The van der Waals surface area contributed by atoms with Crippen LogP contribution in [0.2, 0.25) is 0 Å². The van der Waals surface area contributed by atoms with E-state index in [1.165, 1.54) is 24.3 Å². The van der Waals surface area contributed by atoms with Gasteiger partial charge in [-0.1, -0.05) is 24.3 Å². The number of benzene rings is 2. The predicted octanol–water partition coefficient (Wildman–Crippen LogP) is 1.35. The van der Waals surface area contributed by atoms with Gasteiger partial charge in [-0.15, -0.1) is 0 Å². The zero-order valence-electron chi connectivity index (χ0n) is 14.9. The Morgan fingerprint density at radius 3 is 1.93 bits per heavy atom. The van der Waals surface area contributed by atoms with Gasteiger partial charge in [0.1, 0.15) is 35.9 Å². The lowest BCUT2D eigenvalue weighted by Crippen LogP contribution is -2.54. The van der Waals surface area contributed by atoms with Crippen molar-refractivity contribution in [3.05, 3.63) is 59.7 Å². The van der Waals surface area contributed by atoms with E-state index in [0.29, 0.717) is 5.56 Å². The Kier molecular flexibility index (Phi) is 5.49. The van der Waals surface area contributed by atoms with Crippen LogP contribution < -0.4 is 0 Å². The van der Waals surface area contributed by atoms with Gasteiger partial charge in [0.15, 0.2) is 12.6 Å². The minimum absolute atomic E-state index is 0.110. The molecule has 0 aliphatic carbocycles. The monoisotopic (exact) mass is 390 g/mol. The number of aliphatic hydroxyl groups is 2. The molecule has 0 saturated carbocycles. The number of aromatic hydroxyl groups is 2. The highest BCUT2D eigenvalue weighted by atomic mass is 16.8. The molecule has 0 aromatic heterocycles. The Balaban J connectivity index is 1.50. The van der Waals surface area contributed by atoms with Crippen LogP contribution in [0.5, 0.6) is 11.5 Å². The maximum absolute atomic E-state index is 10.6. The molecule has 4 rings (SSSR count). The van der Waals surface area contributed by atoms with Gasteiger partial charge < -0.3 is 39.4 Å². The van der Waals surface area contributed by atoms with E-state index in [2.05, 4.69) is 0 Å². The van der Waals surface area contributed by atoms with E-state index in [1.54, 1.807) is 24.3 Å². The zero-order valence-corrected chi connectivity index (χ0v) is 14.9. The molecule has 8 heteroatoms. The lowest BCUT2D eigenvalue weighted by molar-refractivity contribution is -0.310. The third kappa shape index (κ3) is 3.83. The van der Waals surface area contributed by atoms with Crippen molar-refractivity contribution in [1.82, 2.24) is 0 Å². The first-order valence-corrected chi connectivity index (χ1v) is 9.00. The average Bonchev–Trinajstić information content (AvgIpc) is 3.19. The summed E-state index contributed by atoms with van der Waals surface area (Å²) in [7, 11) is 0. The second-order valence-corrected chi connectivity index (χ2v) is 6.80. The summed E-state index contributed by atoms with van der Waals surface area (Å²) in [4.78, 5) is 0. The van der Waals surface area contributed by atoms with E-state index in [0.717, 1.165) is 5.56 Å². The van der Waals surface area contributed by atoms with Crippen LogP contribution in [0.15, 0.2) is 48.5 Å². The van der Waals surface area contributed by atoms with Crippen molar-refractivity contribution in [1.29, 1.82) is 0 Å².